The summed E-state index contributed by atoms with van der Waals surface area (Å²) in [7, 11) is 0. The van der Waals surface area contributed by atoms with Gasteiger partial charge < -0.3 is 15.7 Å². The molecule has 1 saturated heterocycles. The van der Waals surface area contributed by atoms with Crippen molar-refractivity contribution in [3.8, 4) is 11.4 Å². The fraction of sp³-hybridized carbons (Fsp3) is 0.238. The molecule has 4 aromatic rings. The molecule has 3 N–H and O–H groups in total. The molecule has 0 bridgehead atoms. The van der Waals surface area contributed by atoms with Crippen molar-refractivity contribution in [2.45, 2.75) is 18.8 Å². The molecule has 29 heavy (non-hydrogen) atoms. The maximum Gasteiger partial charge on any atom is 0.229 e. The number of hydrogen-bond acceptors (Lipinski definition) is 7. The number of nitrogens with zero attached hydrogens (tertiary/aromatic N) is 6. The average molecular weight is 387 g/mol. The van der Waals surface area contributed by atoms with Gasteiger partial charge in [-0.15, -0.1) is 0 Å². The molecular weight excluding hydrogens is 366 g/mol. The number of imidazole rings is 1. The molecule has 0 aliphatic carbocycles. The van der Waals surface area contributed by atoms with Gasteiger partial charge in [-0.05, 0) is 48.6 Å². The van der Waals surface area contributed by atoms with E-state index in [-0.39, 0.29) is 0 Å². The van der Waals surface area contributed by atoms with Crippen molar-refractivity contribution in [3.63, 3.8) is 0 Å². The van der Waals surface area contributed by atoms with Crippen LogP contribution >= 0.6 is 0 Å². The van der Waals surface area contributed by atoms with Crippen molar-refractivity contribution >= 4 is 22.9 Å². The number of nitrogen functional groups attached to an aromatic ring is 1. The van der Waals surface area contributed by atoms with E-state index in [9.17, 15) is 5.11 Å². The SMILES string of the molecule is Nc1nc(N2CCC(c3ccc(O)cc3)CC2)nc2c1ncn2-c1ccncc1. The molecular formula is C21H21N7O. The Bertz CT molecular complexity index is 1130. The van der Waals surface area contributed by atoms with E-state index in [2.05, 4.69) is 19.9 Å². The molecule has 1 fully saturated rings. The van der Waals surface area contributed by atoms with E-state index in [1.165, 1.54) is 5.56 Å². The van der Waals surface area contributed by atoms with Gasteiger partial charge in [0.05, 0.1) is 5.69 Å². The predicted molar refractivity (Wildman–Crippen MR) is 111 cm³/mol. The third-order valence-corrected chi connectivity index (χ3v) is 5.49. The third-order valence-electron chi connectivity index (χ3n) is 5.49. The Hall–Kier alpha value is -3.68. The lowest BCUT2D eigenvalue weighted by Crippen LogP contribution is -2.34. The van der Waals surface area contributed by atoms with E-state index >= 15 is 0 Å². The lowest BCUT2D eigenvalue weighted by atomic mass is 9.89. The van der Waals surface area contributed by atoms with Crippen LogP contribution in [0, 0.1) is 0 Å². The molecule has 4 heterocycles. The molecule has 0 spiro atoms. The van der Waals surface area contributed by atoms with Crippen LogP contribution in [0.25, 0.3) is 16.9 Å². The van der Waals surface area contributed by atoms with Crippen molar-refractivity contribution in [2.75, 3.05) is 23.7 Å². The fourth-order valence-electron chi connectivity index (χ4n) is 3.90. The van der Waals surface area contributed by atoms with E-state index in [0.29, 0.717) is 34.6 Å². The smallest absolute Gasteiger partial charge is 0.229 e. The van der Waals surface area contributed by atoms with Gasteiger partial charge in [0.2, 0.25) is 5.95 Å². The number of fused-ring (bicyclic) bond motifs is 1. The number of rotatable bonds is 3. The van der Waals surface area contributed by atoms with Gasteiger partial charge in [-0.3, -0.25) is 9.55 Å². The number of phenolic OH excluding ortho intramolecular Hbond substituents is 1. The minimum atomic E-state index is 0.300. The van der Waals surface area contributed by atoms with Crippen LogP contribution in [0.4, 0.5) is 11.8 Å². The largest absolute Gasteiger partial charge is 0.508 e. The number of aromatic nitrogens is 5. The number of aromatic hydroxyl groups is 1. The summed E-state index contributed by atoms with van der Waals surface area (Å²) in [4.78, 5) is 19.9. The minimum absolute atomic E-state index is 0.300. The van der Waals surface area contributed by atoms with E-state index in [0.717, 1.165) is 31.6 Å². The molecule has 0 unspecified atom stereocenters. The highest BCUT2D eigenvalue weighted by molar-refractivity contribution is 5.84. The highest BCUT2D eigenvalue weighted by Crippen LogP contribution is 2.31. The summed E-state index contributed by atoms with van der Waals surface area (Å²) in [5.74, 6) is 1.79. The minimum Gasteiger partial charge on any atom is -0.508 e. The first-order chi connectivity index (χ1) is 14.2. The van der Waals surface area contributed by atoms with Crippen LogP contribution in [0.2, 0.25) is 0 Å². The molecule has 0 radical (unpaired) electrons. The van der Waals surface area contributed by atoms with Gasteiger partial charge in [0.25, 0.3) is 0 Å². The van der Waals surface area contributed by atoms with Gasteiger partial charge in [-0.1, -0.05) is 12.1 Å². The zero-order valence-electron chi connectivity index (χ0n) is 15.8. The lowest BCUT2D eigenvalue weighted by molar-refractivity contribution is 0.472. The molecule has 5 rings (SSSR count). The quantitative estimate of drug-likeness (QED) is 0.557. The Labute approximate surface area is 167 Å². The number of phenols is 1. The maximum atomic E-state index is 9.50. The summed E-state index contributed by atoms with van der Waals surface area (Å²) in [5.41, 5.74) is 9.68. The maximum absolute atomic E-state index is 9.50. The van der Waals surface area contributed by atoms with Crippen molar-refractivity contribution in [3.05, 3.63) is 60.7 Å². The molecule has 1 aromatic carbocycles. The Morgan fingerprint density at radius 1 is 0.966 bits per heavy atom. The first-order valence-corrected chi connectivity index (χ1v) is 9.64. The van der Waals surface area contributed by atoms with Crippen LogP contribution < -0.4 is 10.6 Å². The molecule has 0 amide bonds. The van der Waals surface area contributed by atoms with Gasteiger partial charge in [0.1, 0.15) is 12.1 Å². The standard InChI is InChI=1S/C21H21N7O/c22-19-18-20(28(13-24-18)16-5-9-23-10-6-16)26-21(25-19)27-11-7-15(8-12-27)14-1-3-17(29)4-2-14/h1-6,9-10,13,15,29H,7-8,11-12H2,(H2,22,25,26). The van der Waals surface area contributed by atoms with Crippen LogP contribution in [0.5, 0.6) is 5.75 Å². The van der Waals surface area contributed by atoms with E-state index < -0.39 is 0 Å². The predicted octanol–water partition coefficient (Wildman–Crippen LogP) is 2.88. The number of benzene rings is 1. The van der Waals surface area contributed by atoms with Crippen molar-refractivity contribution in [2.24, 2.45) is 0 Å². The van der Waals surface area contributed by atoms with Crippen LogP contribution in [-0.4, -0.2) is 42.7 Å². The average Bonchev–Trinajstić information content (AvgIpc) is 3.20. The van der Waals surface area contributed by atoms with Gasteiger partial charge in [-0.2, -0.15) is 9.97 Å². The van der Waals surface area contributed by atoms with Crippen LogP contribution in [-0.2, 0) is 0 Å². The van der Waals surface area contributed by atoms with Crippen molar-refractivity contribution in [1.82, 2.24) is 24.5 Å². The normalized spacial score (nSPS) is 15.1. The van der Waals surface area contributed by atoms with Crippen LogP contribution in [0.3, 0.4) is 0 Å². The zero-order valence-corrected chi connectivity index (χ0v) is 15.8. The Kier molecular flexibility index (Phi) is 4.23. The Morgan fingerprint density at radius 3 is 2.41 bits per heavy atom. The fourth-order valence-corrected chi connectivity index (χ4v) is 3.90. The zero-order chi connectivity index (χ0) is 19.8. The summed E-state index contributed by atoms with van der Waals surface area (Å²) in [6.07, 6.45) is 7.18. The van der Waals surface area contributed by atoms with Gasteiger partial charge >= 0.3 is 0 Å². The van der Waals surface area contributed by atoms with Crippen molar-refractivity contribution < 1.29 is 5.11 Å². The van der Waals surface area contributed by atoms with Crippen LogP contribution in [0.1, 0.15) is 24.3 Å². The van der Waals surface area contributed by atoms with Gasteiger partial charge in [-0.25, -0.2) is 4.98 Å². The van der Waals surface area contributed by atoms with E-state index in [4.69, 9.17) is 10.7 Å². The monoisotopic (exact) mass is 387 g/mol. The molecule has 0 atom stereocenters. The van der Waals surface area contributed by atoms with E-state index in [1.54, 1.807) is 30.9 Å². The summed E-state index contributed by atoms with van der Waals surface area (Å²) in [5, 5.41) is 9.50. The van der Waals surface area contributed by atoms with Gasteiger partial charge in [0, 0.05) is 25.5 Å². The highest BCUT2D eigenvalue weighted by atomic mass is 16.3. The first kappa shape index (κ1) is 17.4. The first-order valence-electron chi connectivity index (χ1n) is 9.64. The number of pyridine rings is 1. The third kappa shape index (κ3) is 3.22. The lowest BCUT2D eigenvalue weighted by Gasteiger charge is -2.32. The number of nitrogens with two attached hydrogens (primary N) is 1. The molecule has 3 aromatic heterocycles. The number of hydrogen-bond donors (Lipinski definition) is 2. The number of anilines is 2. The second-order valence-electron chi connectivity index (χ2n) is 7.25. The summed E-state index contributed by atoms with van der Waals surface area (Å²) in [6.45, 7) is 1.69. The van der Waals surface area contributed by atoms with E-state index in [1.807, 2.05) is 28.8 Å². The number of piperidine rings is 1. The Morgan fingerprint density at radius 2 is 1.69 bits per heavy atom. The second-order valence-corrected chi connectivity index (χ2v) is 7.25. The molecule has 1 aliphatic heterocycles. The molecule has 146 valence electrons. The summed E-state index contributed by atoms with van der Waals surface area (Å²) < 4.78 is 1.90. The second kappa shape index (κ2) is 7.05. The summed E-state index contributed by atoms with van der Waals surface area (Å²) in [6, 6.07) is 11.3. The molecule has 8 heteroatoms. The summed E-state index contributed by atoms with van der Waals surface area (Å²) >= 11 is 0. The topological polar surface area (TPSA) is 106 Å². The molecule has 8 nitrogen and oxygen atoms in total. The Balaban J connectivity index is 1.42. The van der Waals surface area contributed by atoms with Crippen LogP contribution in [0.15, 0.2) is 55.1 Å². The van der Waals surface area contributed by atoms with Crippen molar-refractivity contribution in [1.29, 1.82) is 0 Å². The van der Waals surface area contributed by atoms with Gasteiger partial charge in [0.15, 0.2) is 17.0 Å². The molecule has 1 aliphatic rings. The molecule has 0 saturated carbocycles. The highest BCUT2D eigenvalue weighted by Gasteiger charge is 2.24.